The average Bonchev–Trinajstić information content (AvgIpc) is 2.56. The van der Waals surface area contributed by atoms with Gasteiger partial charge in [-0.05, 0) is 49.9 Å². The van der Waals surface area contributed by atoms with Gasteiger partial charge in [-0.3, -0.25) is 14.6 Å². The molecule has 126 valence electrons. The van der Waals surface area contributed by atoms with Crippen molar-refractivity contribution in [1.29, 1.82) is 0 Å². The minimum Gasteiger partial charge on any atom is -0.356 e. The van der Waals surface area contributed by atoms with Crippen LogP contribution in [0.3, 0.4) is 0 Å². The van der Waals surface area contributed by atoms with Gasteiger partial charge >= 0.3 is 0 Å². The fraction of sp³-hybridized carbons (Fsp3) is 0.588. The maximum atomic E-state index is 12.0. The molecule has 1 fully saturated rings. The predicted molar refractivity (Wildman–Crippen MR) is 89.9 cm³/mol. The van der Waals surface area contributed by atoms with E-state index in [1.54, 1.807) is 24.5 Å². The zero-order chi connectivity index (χ0) is 16.5. The number of anilines is 1. The molecule has 1 aromatic rings. The van der Waals surface area contributed by atoms with Gasteiger partial charge in [-0.2, -0.15) is 0 Å². The molecule has 1 atom stereocenters. The fourth-order valence-electron chi connectivity index (χ4n) is 2.92. The summed E-state index contributed by atoms with van der Waals surface area (Å²) < 4.78 is 0. The third-order valence-corrected chi connectivity index (χ3v) is 4.33. The summed E-state index contributed by atoms with van der Waals surface area (Å²) in [7, 11) is 0. The molecule has 0 bridgehead atoms. The zero-order valence-corrected chi connectivity index (χ0v) is 13.7. The van der Waals surface area contributed by atoms with Crippen molar-refractivity contribution < 1.29 is 9.59 Å². The number of piperidine rings is 1. The van der Waals surface area contributed by atoms with Crippen molar-refractivity contribution in [2.24, 2.45) is 11.8 Å². The van der Waals surface area contributed by atoms with Crippen LogP contribution >= 0.6 is 0 Å². The third kappa shape index (κ3) is 6.36. The van der Waals surface area contributed by atoms with Crippen LogP contribution in [0.2, 0.25) is 0 Å². The van der Waals surface area contributed by atoms with Crippen molar-refractivity contribution in [3.05, 3.63) is 24.5 Å². The van der Waals surface area contributed by atoms with E-state index in [0.29, 0.717) is 24.8 Å². The molecule has 0 radical (unpaired) electrons. The molecule has 0 aromatic carbocycles. The number of carbonyl (C=O) groups is 2. The summed E-state index contributed by atoms with van der Waals surface area (Å²) in [6, 6.07) is 3.47. The molecule has 3 N–H and O–H groups in total. The number of nitrogens with zero attached hydrogens (tertiary/aromatic N) is 1. The number of rotatable bonds is 7. The molecule has 2 amide bonds. The maximum absolute atomic E-state index is 12.0. The Morgan fingerprint density at radius 1 is 1.26 bits per heavy atom. The lowest BCUT2D eigenvalue weighted by Crippen LogP contribution is -2.34. The van der Waals surface area contributed by atoms with Gasteiger partial charge in [-0.1, -0.05) is 6.92 Å². The molecule has 1 aromatic heterocycles. The van der Waals surface area contributed by atoms with Crippen LogP contribution in [0.1, 0.15) is 32.6 Å². The molecule has 0 saturated carbocycles. The van der Waals surface area contributed by atoms with Crippen LogP contribution in [0, 0.1) is 11.8 Å². The van der Waals surface area contributed by atoms with E-state index in [9.17, 15) is 9.59 Å². The van der Waals surface area contributed by atoms with Crippen LogP contribution in [0.4, 0.5) is 5.69 Å². The molecular weight excluding hydrogens is 292 g/mol. The third-order valence-electron chi connectivity index (χ3n) is 4.33. The van der Waals surface area contributed by atoms with Crippen LogP contribution in [0.15, 0.2) is 24.5 Å². The van der Waals surface area contributed by atoms with E-state index < -0.39 is 0 Å². The largest absolute Gasteiger partial charge is 0.356 e. The second kappa shape index (κ2) is 9.25. The van der Waals surface area contributed by atoms with Gasteiger partial charge < -0.3 is 16.0 Å². The van der Waals surface area contributed by atoms with Gasteiger partial charge in [0.1, 0.15) is 0 Å². The molecule has 0 aliphatic carbocycles. The molecule has 6 heteroatoms. The molecular formula is C17H26N4O2. The minimum atomic E-state index is -0.108. The van der Waals surface area contributed by atoms with Gasteiger partial charge in [-0.15, -0.1) is 0 Å². The van der Waals surface area contributed by atoms with Crippen molar-refractivity contribution >= 4 is 17.5 Å². The van der Waals surface area contributed by atoms with Crippen molar-refractivity contribution in [1.82, 2.24) is 15.6 Å². The number of carbonyl (C=O) groups excluding carboxylic acids is 2. The van der Waals surface area contributed by atoms with Crippen LogP contribution in [-0.4, -0.2) is 36.4 Å². The summed E-state index contributed by atoms with van der Waals surface area (Å²) in [4.78, 5) is 27.6. The Morgan fingerprint density at radius 3 is 2.65 bits per heavy atom. The van der Waals surface area contributed by atoms with Gasteiger partial charge in [0.25, 0.3) is 0 Å². The molecule has 1 aliphatic heterocycles. The highest BCUT2D eigenvalue weighted by Gasteiger charge is 2.21. The van der Waals surface area contributed by atoms with Gasteiger partial charge in [-0.25, -0.2) is 0 Å². The molecule has 1 saturated heterocycles. The van der Waals surface area contributed by atoms with Gasteiger partial charge in [0.05, 0.1) is 0 Å². The predicted octanol–water partition coefficient (Wildman–Crippen LogP) is 1.55. The van der Waals surface area contributed by atoms with E-state index in [4.69, 9.17) is 0 Å². The van der Waals surface area contributed by atoms with E-state index in [1.807, 2.05) is 0 Å². The van der Waals surface area contributed by atoms with Crippen LogP contribution < -0.4 is 16.0 Å². The summed E-state index contributed by atoms with van der Waals surface area (Å²) in [6.45, 7) is 4.61. The molecule has 2 rings (SSSR count). The second-order valence-electron chi connectivity index (χ2n) is 6.15. The van der Waals surface area contributed by atoms with Crippen molar-refractivity contribution in [2.45, 2.75) is 32.6 Å². The summed E-state index contributed by atoms with van der Waals surface area (Å²) in [5, 5.41) is 8.95. The zero-order valence-electron chi connectivity index (χ0n) is 13.7. The normalized spacial score (nSPS) is 16.6. The molecule has 23 heavy (non-hydrogen) atoms. The van der Waals surface area contributed by atoms with Crippen LogP contribution in [0.5, 0.6) is 0 Å². The first-order valence-corrected chi connectivity index (χ1v) is 8.32. The van der Waals surface area contributed by atoms with E-state index in [1.165, 1.54) is 0 Å². The highest BCUT2D eigenvalue weighted by Crippen LogP contribution is 2.24. The SMILES string of the molecule is CC(CC(=O)NCCC(=O)Nc1ccncc1)C1CCNCC1. The lowest BCUT2D eigenvalue weighted by Gasteiger charge is -2.27. The Kier molecular flexibility index (Phi) is 7.00. The molecule has 6 nitrogen and oxygen atoms in total. The van der Waals surface area contributed by atoms with Gasteiger partial charge in [0.15, 0.2) is 0 Å². The number of nitrogens with one attached hydrogen (secondary N) is 3. The number of pyridine rings is 1. The second-order valence-corrected chi connectivity index (χ2v) is 6.15. The summed E-state index contributed by atoms with van der Waals surface area (Å²) >= 11 is 0. The summed E-state index contributed by atoms with van der Waals surface area (Å²) in [6.07, 6.45) is 6.34. The van der Waals surface area contributed by atoms with E-state index in [0.717, 1.165) is 31.6 Å². The Labute approximate surface area is 137 Å². The number of hydrogen-bond acceptors (Lipinski definition) is 4. The summed E-state index contributed by atoms with van der Waals surface area (Å²) in [5.74, 6) is 0.940. The van der Waals surface area contributed by atoms with Gasteiger partial charge in [0.2, 0.25) is 11.8 Å². The Morgan fingerprint density at radius 2 is 1.96 bits per heavy atom. The Hall–Kier alpha value is -1.95. The first-order valence-electron chi connectivity index (χ1n) is 8.32. The van der Waals surface area contributed by atoms with Crippen molar-refractivity contribution in [2.75, 3.05) is 25.0 Å². The standard InChI is InChI=1S/C17H26N4O2/c1-13(14-2-7-18-8-3-14)12-17(23)20-11-6-16(22)21-15-4-9-19-10-5-15/h4-5,9-10,13-14,18H,2-3,6-8,11-12H2,1H3,(H,20,23)(H,19,21,22). The molecule has 2 heterocycles. The maximum Gasteiger partial charge on any atom is 0.226 e. The Bertz CT molecular complexity index is 501. The minimum absolute atomic E-state index is 0.0349. The Balaban J connectivity index is 1.61. The lowest BCUT2D eigenvalue weighted by atomic mass is 9.84. The number of hydrogen-bond donors (Lipinski definition) is 3. The van der Waals surface area contributed by atoms with Crippen LogP contribution in [0.25, 0.3) is 0 Å². The highest BCUT2D eigenvalue weighted by atomic mass is 16.2. The van der Waals surface area contributed by atoms with Crippen LogP contribution in [-0.2, 0) is 9.59 Å². The van der Waals surface area contributed by atoms with Crippen molar-refractivity contribution in [3.63, 3.8) is 0 Å². The van der Waals surface area contributed by atoms with E-state index >= 15 is 0 Å². The van der Waals surface area contributed by atoms with Crippen molar-refractivity contribution in [3.8, 4) is 0 Å². The topological polar surface area (TPSA) is 83.1 Å². The first kappa shape index (κ1) is 17.4. The molecule has 0 spiro atoms. The lowest BCUT2D eigenvalue weighted by molar-refractivity contribution is -0.122. The first-order chi connectivity index (χ1) is 11.1. The van der Waals surface area contributed by atoms with E-state index in [2.05, 4.69) is 27.9 Å². The smallest absolute Gasteiger partial charge is 0.226 e. The van der Waals surface area contributed by atoms with Gasteiger partial charge in [0, 0.05) is 37.5 Å². The number of amides is 2. The monoisotopic (exact) mass is 318 g/mol. The summed E-state index contributed by atoms with van der Waals surface area (Å²) in [5.41, 5.74) is 0.718. The molecule has 1 aliphatic rings. The molecule has 1 unspecified atom stereocenters. The number of aromatic nitrogens is 1. The quantitative estimate of drug-likeness (QED) is 0.712. The van der Waals surface area contributed by atoms with E-state index in [-0.39, 0.29) is 18.2 Å². The highest BCUT2D eigenvalue weighted by molar-refractivity contribution is 5.91. The average molecular weight is 318 g/mol. The fourth-order valence-corrected chi connectivity index (χ4v) is 2.92.